The van der Waals surface area contributed by atoms with Crippen LogP contribution in [0, 0.1) is 11.3 Å². The quantitative estimate of drug-likeness (QED) is 0.271. The molecule has 9 nitrogen and oxygen atoms in total. The fraction of sp³-hybridized carbons (Fsp3) is 0.407. The molecule has 1 saturated heterocycles. The van der Waals surface area contributed by atoms with E-state index in [1.165, 1.54) is 11.3 Å². The lowest BCUT2D eigenvalue weighted by atomic mass is 9.93. The zero-order valence-electron chi connectivity index (χ0n) is 21.0. The third-order valence-electron chi connectivity index (χ3n) is 6.22. The van der Waals surface area contributed by atoms with Crippen LogP contribution in [0.5, 0.6) is 0 Å². The lowest BCUT2D eigenvalue weighted by Gasteiger charge is -2.29. The number of hydrogen-bond acceptors (Lipinski definition) is 9. The number of nitrogens with one attached hydrogen (secondary N) is 2. The first-order valence-electron chi connectivity index (χ1n) is 12.4. The second-order valence-corrected chi connectivity index (χ2v) is 9.72. The van der Waals surface area contributed by atoms with Crippen LogP contribution >= 0.6 is 11.3 Å². The molecule has 0 unspecified atom stereocenters. The molecule has 1 aromatic carbocycles. The highest BCUT2D eigenvalue weighted by atomic mass is 32.1. The number of rotatable bonds is 12. The predicted octanol–water partition coefficient (Wildman–Crippen LogP) is 4.08. The Morgan fingerprint density at radius 3 is 2.68 bits per heavy atom. The van der Waals surface area contributed by atoms with E-state index in [1.54, 1.807) is 12.5 Å². The van der Waals surface area contributed by atoms with Crippen molar-refractivity contribution in [2.75, 3.05) is 45.3 Å². The number of nitrogens with zero attached hydrogens (tertiary/aromatic N) is 4. The minimum absolute atomic E-state index is 0.220. The Kier molecular flexibility index (Phi) is 9.97. The van der Waals surface area contributed by atoms with Gasteiger partial charge in [0.15, 0.2) is 5.13 Å². The average molecular weight is 521 g/mol. The largest absolute Gasteiger partial charge is 0.382 e. The Hall–Kier alpha value is -3.36. The third kappa shape index (κ3) is 8.06. The lowest BCUT2D eigenvalue weighted by Crippen LogP contribution is -2.33. The van der Waals surface area contributed by atoms with Crippen LogP contribution in [0.25, 0.3) is 0 Å². The zero-order chi connectivity index (χ0) is 25.9. The van der Waals surface area contributed by atoms with Crippen LogP contribution in [-0.4, -0.2) is 60.7 Å². The molecule has 3 aromatic rings. The predicted molar refractivity (Wildman–Crippen MR) is 143 cm³/mol. The van der Waals surface area contributed by atoms with E-state index in [1.807, 2.05) is 36.4 Å². The summed E-state index contributed by atoms with van der Waals surface area (Å²) in [4.78, 5) is 24.0. The number of carbonyl (C=O) groups is 1. The number of anilines is 2. The third-order valence-corrected chi connectivity index (χ3v) is 6.98. The number of amides is 1. The number of likely N-dealkylation sites (tertiary alicyclic amines) is 1. The van der Waals surface area contributed by atoms with Crippen molar-refractivity contribution in [3.63, 3.8) is 0 Å². The van der Waals surface area contributed by atoms with E-state index in [-0.39, 0.29) is 5.91 Å². The first-order valence-corrected chi connectivity index (χ1v) is 13.2. The standard InChI is InChI=1S/C27H32N6O3S/c1-35-15-16-36-18-21-7-5-20(6-8-21)17-29-26(34)24-19-37-27(31-24)32-25-4-2-3-23(30-25)22-9-12-33(13-10-22)14-11-28/h2-8,19,22H,9-10,12-18H2,1H3,(H,29,34)(H,30,31,32). The maximum absolute atomic E-state index is 12.6. The van der Waals surface area contributed by atoms with Crippen LogP contribution in [0.2, 0.25) is 0 Å². The van der Waals surface area contributed by atoms with Gasteiger partial charge in [-0.25, -0.2) is 9.97 Å². The van der Waals surface area contributed by atoms with Gasteiger partial charge in [0.1, 0.15) is 11.5 Å². The summed E-state index contributed by atoms with van der Waals surface area (Å²) in [5.41, 5.74) is 3.49. The van der Waals surface area contributed by atoms with Crippen molar-refractivity contribution in [1.82, 2.24) is 20.2 Å². The Labute approximate surface area is 221 Å². The van der Waals surface area contributed by atoms with Gasteiger partial charge in [-0.3, -0.25) is 9.69 Å². The molecule has 0 bridgehead atoms. The second kappa shape index (κ2) is 13.8. The summed E-state index contributed by atoms with van der Waals surface area (Å²) in [5.74, 6) is 0.873. The molecule has 4 rings (SSSR count). The van der Waals surface area contributed by atoms with Crippen LogP contribution in [0.4, 0.5) is 10.9 Å². The van der Waals surface area contributed by atoms with Crippen molar-refractivity contribution >= 4 is 28.2 Å². The van der Waals surface area contributed by atoms with E-state index >= 15 is 0 Å². The summed E-state index contributed by atoms with van der Waals surface area (Å²) in [6, 6.07) is 16.1. The number of nitriles is 1. The molecular formula is C27H32N6O3S. The molecule has 37 heavy (non-hydrogen) atoms. The van der Waals surface area contributed by atoms with Gasteiger partial charge in [-0.1, -0.05) is 30.3 Å². The van der Waals surface area contributed by atoms with Gasteiger partial charge in [-0.2, -0.15) is 5.26 Å². The van der Waals surface area contributed by atoms with E-state index < -0.39 is 0 Å². The molecule has 0 atom stereocenters. The summed E-state index contributed by atoms with van der Waals surface area (Å²) in [6.45, 7) is 4.39. The minimum Gasteiger partial charge on any atom is -0.382 e. The number of thiazole rings is 1. The van der Waals surface area contributed by atoms with Gasteiger partial charge in [-0.05, 0) is 49.2 Å². The van der Waals surface area contributed by atoms with Crippen molar-refractivity contribution in [2.45, 2.75) is 31.9 Å². The first-order chi connectivity index (χ1) is 18.1. The van der Waals surface area contributed by atoms with Crippen LogP contribution in [0.3, 0.4) is 0 Å². The van der Waals surface area contributed by atoms with Gasteiger partial charge in [0, 0.05) is 30.6 Å². The van der Waals surface area contributed by atoms with Crippen LogP contribution in [0.15, 0.2) is 47.8 Å². The molecule has 10 heteroatoms. The Morgan fingerprint density at radius 2 is 1.92 bits per heavy atom. The molecule has 0 aliphatic carbocycles. The second-order valence-electron chi connectivity index (χ2n) is 8.86. The van der Waals surface area contributed by atoms with Crippen LogP contribution in [-0.2, 0) is 22.6 Å². The fourth-order valence-electron chi connectivity index (χ4n) is 4.14. The average Bonchev–Trinajstić information content (AvgIpc) is 3.40. The van der Waals surface area contributed by atoms with E-state index in [4.69, 9.17) is 19.7 Å². The maximum Gasteiger partial charge on any atom is 0.271 e. The van der Waals surface area contributed by atoms with Gasteiger partial charge in [0.2, 0.25) is 0 Å². The van der Waals surface area contributed by atoms with Crippen molar-refractivity contribution in [3.05, 3.63) is 70.4 Å². The van der Waals surface area contributed by atoms with Gasteiger partial charge in [0.25, 0.3) is 5.91 Å². The summed E-state index contributed by atoms with van der Waals surface area (Å²) in [7, 11) is 1.65. The number of aromatic nitrogens is 2. The molecule has 2 N–H and O–H groups in total. The van der Waals surface area contributed by atoms with Crippen LogP contribution in [0.1, 0.15) is 46.1 Å². The number of methoxy groups -OCH3 is 1. The molecular weight excluding hydrogens is 488 g/mol. The summed E-state index contributed by atoms with van der Waals surface area (Å²) < 4.78 is 10.5. The Morgan fingerprint density at radius 1 is 1.14 bits per heavy atom. The van der Waals surface area contributed by atoms with Crippen molar-refractivity contribution in [1.29, 1.82) is 5.26 Å². The molecule has 2 aromatic heterocycles. The topological polar surface area (TPSA) is 112 Å². The normalized spacial score (nSPS) is 14.3. The van der Waals surface area contributed by atoms with Crippen LogP contribution < -0.4 is 10.6 Å². The van der Waals surface area contributed by atoms with Crippen molar-refractivity contribution < 1.29 is 14.3 Å². The number of carbonyl (C=O) groups excluding carboxylic acids is 1. The van der Waals surface area contributed by atoms with E-state index in [0.717, 1.165) is 42.8 Å². The van der Waals surface area contributed by atoms with E-state index in [0.29, 0.717) is 55.5 Å². The van der Waals surface area contributed by atoms with Gasteiger partial charge < -0.3 is 20.1 Å². The molecule has 0 radical (unpaired) electrons. The number of pyridine rings is 1. The maximum atomic E-state index is 12.6. The number of ether oxygens (including phenoxy) is 2. The van der Waals surface area contributed by atoms with E-state index in [9.17, 15) is 4.79 Å². The summed E-state index contributed by atoms with van der Waals surface area (Å²) in [6.07, 6.45) is 1.98. The highest BCUT2D eigenvalue weighted by molar-refractivity contribution is 7.14. The fourth-order valence-corrected chi connectivity index (χ4v) is 4.84. The summed E-state index contributed by atoms with van der Waals surface area (Å²) in [5, 5.41) is 17.4. The molecule has 1 aliphatic heterocycles. The van der Waals surface area contributed by atoms with Gasteiger partial charge in [0.05, 0.1) is 32.4 Å². The molecule has 3 heterocycles. The molecule has 0 spiro atoms. The molecule has 1 aliphatic rings. The Balaban J connectivity index is 1.25. The number of benzene rings is 1. The first kappa shape index (κ1) is 26.7. The monoisotopic (exact) mass is 520 g/mol. The number of piperidine rings is 1. The molecule has 1 amide bonds. The Bertz CT molecular complexity index is 1190. The molecule has 1 fully saturated rings. The molecule has 194 valence electrons. The summed E-state index contributed by atoms with van der Waals surface area (Å²) >= 11 is 1.37. The SMILES string of the molecule is COCCOCc1ccc(CNC(=O)c2csc(Nc3cccc(C4CCN(CC#N)CC4)n3)n2)cc1. The zero-order valence-corrected chi connectivity index (χ0v) is 21.8. The highest BCUT2D eigenvalue weighted by Crippen LogP contribution is 2.28. The van der Waals surface area contributed by atoms with Gasteiger partial charge >= 0.3 is 0 Å². The lowest BCUT2D eigenvalue weighted by molar-refractivity contribution is 0.0616. The van der Waals surface area contributed by atoms with E-state index in [2.05, 4.69) is 32.7 Å². The highest BCUT2D eigenvalue weighted by Gasteiger charge is 2.21. The van der Waals surface area contributed by atoms with Crippen molar-refractivity contribution in [2.24, 2.45) is 0 Å². The number of hydrogen-bond donors (Lipinski definition) is 2. The van der Waals surface area contributed by atoms with Gasteiger partial charge in [-0.15, -0.1) is 11.3 Å². The molecule has 0 saturated carbocycles. The van der Waals surface area contributed by atoms with Crippen molar-refractivity contribution in [3.8, 4) is 6.07 Å². The smallest absolute Gasteiger partial charge is 0.271 e. The minimum atomic E-state index is -0.220.